The molecule has 2 aromatic carbocycles. The van der Waals surface area contributed by atoms with Crippen LogP contribution in [-0.4, -0.2) is 77.5 Å². The third kappa shape index (κ3) is 5.76. The molecule has 12 heteroatoms. The van der Waals surface area contributed by atoms with E-state index in [4.69, 9.17) is 11.6 Å². The van der Waals surface area contributed by atoms with E-state index in [-0.39, 0.29) is 6.54 Å². The van der Waals surface area contributed by atoms with Crippen LogP contribution >= 0.6 is 11.6 Å². The van der Waals surface area contributed by atoms with E-state index in [1.807, 2.05) is 24.3 Å². The number of piperazine rings is 1. The molecule has 0 spiro atoms. The van der Waals surface area contributed by atoms with Gasteiger partial charge in [-0.3, -0.25) is 4.68 Å². The maximum atomic E-state index is 15.1. The molecule has 214 valence electrons. The first-order valence-electron chi connectivity index (χ1n) is 13.1. The Bertz CT molecular complexity index is 1360. The predicted molar refractivity (Wildman–Crippen MR) is 146 cm³/mol. The summed E-state index contributed by atoms with van der Waals surface area (Å²) in [6, 6.07) is 11.7. The Labute approximate surface area is 234 Å². The van der Waals surface area contributed by atoms with E-state index in [0.717, 1.165) is 54.9 Å². The average Bonchev–Trinajstić information content (AvgIpc) is 3.39. The predicted octanol–water partition coefficient (Wildman–Crippen LogP) is 6.07. The lowest BCUT2D eigenvalue weighted by Gasteiger charge is -2.40. The van der Waals surface area contributed by atoms with Crippen LogP contribution in [0.15, 0.2) is 48.7 Å². The highest BCUT2D eigenvalue weighted by atomic mass is 35.5. The Balaban J connectivity index is 1.46. The largest absolute Gasteiger partial charge is 0.478 e. The Kier molecular flexibility index (Phi) is 7.96. The number of anilines is 2. The number of aromatic carboxylic acids is 1. The lowest BCUT2D eigenvalue weighted by atomic mass is 9.97. The van der Waals surface area contributed by atoms with Gasteiger partial charge in [-0.25, -0.2) is 22.4 Å². The van der Waals surface area contributed by atoms with Crippen LogP contribution in [0.5, 0.6) is 0 Å². The summed E-state index contributed by atoms with van der Waals surface area (Å²) in [7, 11) is 0. The van der Waals surface area contributed by atoms with Gasteiger partial charge in [-0.1, -0.05) is 36.7 Å². The Hall–Kier alpha value is -3.31. The van der Waals surface area contributed by atoms with E-state index >= 15 is 8.78 Å². The Morgan fingerprint density at radius 2 is 1.80 bits per heavy atom. The number of likely N-dealkylation sites (N-methyl/N-ethyl adjacent to an activating group) is 1. The molecule has 3 aromatic rings. The Morgan fingerprint density at radius 1 is 1.10 bits per heavy atom. The number of rotatable bonds is 7. The van der Waals surface area contributed by atoms with Gasteiger partial charge in [-0.15, -0.1) is 0 Å². The van der Waals surface area contributed by atoms with Crippen molar-refractivity contribution in [2.24, 2.45) is 0 Å². The van der Waals surface area contributed by atoms with Crippen LogP contribution in [0.25, 0.3) is 11.1 Å². The number of aromatic nitrogens is 2. The van der Waals surface area contributed by atoms with Gasteiger partial charge in [0.25, 0.3) is 12.3 Å². The second-order valence-electron chi connectivity index (χ2n) is 10.2. The number of hydrogen-bond donors (Lipinski definition) is 1. The third-order valence-electron chi connectivity index (χ3n) is 7.67. The summed E-state index contributed by atoms with van der Waals surface area (Å²) >= 11 is 6.30. The summed E-state index contributed by atoms with van der Waals surface area (Å²) < 4.78 is 58.6. The summed E-state index contributed by atoms with van der Waals surface area (Å²) in [6.45, 7) is 6.25. The van der Waals surface area contributed by atoms with Crippen molar-refractivity contribution in [3.8, 4) is 11.1 Å². The minimum absolute atomic E-state index is 0.0802. The van der Waals surface area contributed by atoms with Gasteiger partial charge in [-0.05, 0) is 36.4 Å². The molecule has 40 heavy (non-hydrogen) atoms. The van der Waals surface area contributed by atoms with Crippen molar-refractivity contribution in [3.05, 3.63) is 64.9 Å². The van der Waals surface area contributed by atoms with Gasteiger partial charge in [0.05, 0.1) is 18.8 Å². The lowest BCUT2D eigenvalue weighted by molar-refractivity contribution is -0.0298. The van der Waals surface area contributed by atoms with Gasteiger partial charge in [0.1, 0.15) is 11.3 Å². The van der Waals surface area contributed by atoms with E-state index in [9.17, 15) is 18.7 Å². The van der Waals surface area contributed by atoms with Gasteiger partial charge in [0.2, 0.25) is 0 Å². The van der Waals surface area contributed by atoms with Gasteiger partial charge in [-0.2, -0.15) is 5.10 Å². The van der Waals surface area contributed by atoms with E-state index in [2.05, 4.69) is 21.8 Å². The molecule has 1 aromatic heterocycles. The van der Waals surface area contributed by atoms with Crippen LogP contribution in [0.1, 0.15) is 41.9 Å². The molecule has 5 rings (SSSR count). The highest BCUT2D eigenvalue weighted by Gasteiger charge is 2.43. The highest BCUT2D eigenvalue weighted by molar-refractivity contribution is 6.31. The standard InChI is InChI=1S/C28H30ClF4N5O2/c1-2-35-9-11-36(12-10-35)20-6-3-18(4-7-20)22-8-5-19(29)13-24(22)37-16-21(14-28(32,33)17-37)38-25(26(30)31)23(15-34-38)27(39)40/h3-8,13,15,21,26H,2,9-12,14,16-17H2,1H3,(H,39,40). The van der Waals surface area contributed by atoms with Crippen molar-refractivity contribution in [3.63, 3.8) is 0 Å². The summed E-state index contributed by atoms with van der Waals surface area (Å²) in [6.07, 6.45) is -3.15. The number of carboxylic acid groups (broad SMARTS) is 1. The fourth-order valence-electron chi connectivity index (χ4n) is 5.65. The fraction of sp³-hybridized carbons (Fsp3) is 0.429. The summed E-state index contributed by atoms with van der Waals surface area (Å²) in [5.74, 6) is -4.84. The quantitative estimate of drug-likeness (QED) is 0.343. The molecule has 0 saturated carbocycles. The maximum Gasteiger partial charge on any atom is 0.339 e. The molecule has 0 bridgehead atoms. The fourth-order valence-corrected chi connectivity index (χ4v) is 5.82. The van der Waals surface area contributed by atoms with E-state index in [1.54, 1.807) is 18.2 Å². The number of halogens is 5. The number of carbonyl (C=O) groups is 1. The molecule has 3 heterocycles. The molecule has 0 radical (unpaired) electrons. The number of piperidine rings is 1. The van der Waals surface area contributed by atoms with Gasteiger partial charge >= 0.3 is 5.97 Å². The SMILES string of the molecule is CCN1CCN(c2ccc(-c3ccc(Cl)cc3N3CC(n4ncc(C(=O)O)c4C(F)F)CC(F)(F)C3)cc2)CC1. The van der Waals surface area contributed by atoms with Crippen molar-refractivity contribution >= 4 is 28.9 Å². The summed E-state index contributed by atoms with van der Waals surface area (Å²) in [4.78, 5) is 17.6. The first-order valence-corrected chi connectivity index (χ1v) is 13.5. The number of carboxylic acids is 1. The van der Waals surface area contributed by atoms with E-state index in [0.29, 0.717) is 16.3 Å². The molecule has 1 unspecified atom stereocenters. The average molecular weight is 580 g/mol. The third-order valence-corrected chi connectivity index (χ3v) is 7.90. The van der Waals surface area contributed by atoms with Crippen molar-refractivity contribution < 1.29 is 27.5 Å². The number of nitrogens with zero attached hydrogens (tertiary/aromatic N) is 5. The van der Waals surface area contributed by atoms with Crippen molar-refractivity contribution in [2.45, 2.75) is 31.7 Å². The van der Waals surface area contributed by atoms with Crippen LogP contribution in [0.4, 0.5) is 28.9 Å². The zero-order valence-corrected chi connectivity index (χ0v) is 22.7. The van der Waals surface area contributed by atoms with E-state index < -0.39 is 48.6 Å². The number of alkyl halides is 4. The molecular weight excluding hydrogens is 550 g/mol. The van der Waals surface area contributed by atoms with Crippen LogP contribution in [-0.2, 0) is 0 Å². The highest BCUT2D eigenvalue weighted by Crippen LogP contribution is 2.42. The molecule has 0 aliphatic carbocycles. The first kappa shape index (κ1) is 28.2. The Morgan fingerprint density at radius 3 is 2.42 bits per heavy atom. The molecule has 0 amide bonds. The number of hydrogen-bond acceptors (Lipinski definition) is 5. The lowest BCUT2D eigenvalue weighted by Crippen LogP contribution is -2.48. The molecule has 2 aliphatic rings. The molecule has 1 N–H and O–H groups in total. The van der Waals surface area contributed by atoms with Crippen LogP contribution in [0.2, 0.25) is 5.02 Å². The second kappa shape index (κ2) is 11.3. The summed E-state index contributed by atoms with van der Waals surface area (Å²) in [5, 5.41) is 13.5. The van der Waals surface area contributed by atoms with Gasteiger partial charge in [0.15, 0.2) is 0 Å². The van der Waals surface area contributed by atoms with Gasteiger partial charge in [0, 0.05) is 61.1 Å². The second-order valence-corrected chi connectivity index (χ2v) is 10.7. The monoisotopic (exact) mass is 579 g/mol. The molecule has 1 atom stereocenters. The van der Waals surface area contributed by atoms with Crippen LogP contribution in [0, 0.1) is 0 Å². The van der Waals surface area contributed by atoms with E-state index in [1.165, 1.54) is 4.90 Å². The maximum absolute atomic E-state index is 15.1. The van der Waals surface area contributed by atoms with Crippen molar-refractivity contribution in [2.75, 3.05) is 55.6 Å². The zero-order valence-electron chi connectivity index (χ0n) is 21.9. The van der Waals surface area contributed by atoms with Crippen LogP contribution in [0.3, 0.4) is 0 Å². The topological polar surface area (TPSA) is 64.8 Å². The molecule has 2 saturated heterocycles. The molecule has 2 aliphatic heterocycles. The van der Waals surface area contributed by atoms with Crippen molar-refractivity contribution in [1.82, 2.24) is 14.7 Å². The van der Waals surface area contributed by atoms with Crippen LogP contribution < -0.4 is 9.80 Å². The number of benzene rings is 2. The van der Waals surface area contributed by atoms with Crippen molar-refractivity contribution in [1.29, 1.82) is 0 Å². The molecular formula is C28H30ClF4N5O2. The first-order chi connectivity index (χ1) is 19.1. The summed E-state index contributed by atoms with van der Waals surface area (Å²) in [5.41, 5.74) is 1.40. The molecule has 7 nitrogen and oxygen atoms in total. The van der Waals surface area contributed by atoms with Gasteiger partial charge < -0.3 is 19.8 Å². The zero-order chi connectivity index (χ0) is 28.6. The minimum Gasteiger partial charge on any atom is -0.478 e. The smallest absolute Gasteiger partial charge is 0.339 e. The normalized spacial score (nSPS) is 19.8. The molecule has 2 fully saturated rings. The minimum atomic E-state index is -3.25.